The van der Waals surface area contributed by atoms with Gasteiger partial charge in [-0.2, -0.15) is 0 Å². The molecule has 0 spiro atoms. The molecule has 2 aliphatic heterocycles. The smallest absolute Gasteiger partial charge is 0.228 e. The lowest BCUT2D eigenvalue weighted by atomic mass is 10.1. The Kier molecular flexibility index (Phi) is 6.59. The van der Waals surface area contributed by atoms with E-state index in [1.54, 1.807) is 6.20 Å². The number of piperazine rings is 1. The summed E-state index contributed by atoms with van der Waals surface area (Å²) in [6.45, 7) is 5.52. The van der Waals surface area contributed by atoms with Crippen LogP contribution in [0, 0.1) is 0 Å². The number of aromatic nitrogens is 4. The van der Waals surface area contributed by atoms with Crippen LogP contribution in [0.4, 0.5) is 17.6 Å². The fraction of sp³-hybridized carbons (Fsp3) is 0.417. The first kappa shape index (κ1) is 21.5. The molecular weight excluding hydrogens is 418 g/mol. The van der Waals surface area contributed by atoms with E-state index in [1.807, 2.05) is 42.5 Å². The topological polar surface area (TPSA) is 88.5 Å². The number of nitrogens with one attached hydrogen (secondary N) is 1. The van der Waals surface area contributed by atoms with Crippen molar-refractivity contribution in [3.05, 3.63) is 48.7 Å². The van der Waals surface area contributed by atoms with Crippen LogP contribution < -0.4 is 15.0 Å². The van der Waals surface area contributed by atoms with Crippen LogP contribution in [0.5, 0.6) is 5.75 Å². The highest BCUT2D eigenvalue weighted by molar-refractivity contribution is 5.62. The average molecular weight is 448 g/mol. The van der Waals surface area contributed by atoms with Crippen LogP contribution in [0.15, 0.2) is 48.7 Å². The van der Waals surface area contributed by atoms with Crippen LogP contribution in [-0.4, -0.2) is 77.6 Å². The van der Waals surface area contributed by atoms with E-state index in [0.29, 0.717) is 11.8 Å². The molecule has 0 amide bonds. The molecule has 9 nitrogen and oxygen atoms in total. The first-order valence-electron chi connectivity index (χ1n) is 11.4. The van der Waals surface area contributed by atoms with Gasteiger partial charge in [0.05, 0.1) is 18.9 Å². The minimum atomic E-state index is 0.225. The Hall–Kier alpha value is -3.30. The lowest BCUT2D eigenvalue weighted by Crippen LogP contribution is -2.44. The monoisotopic (exact) mass is 447 g/mol. The maximum atomic E-state index is 6.06. The van der Waals surface area contributed by atoms with Crippen molar-refractivity contribution in [1.29, 1.82) is 0 Å². The summed E-state index contributed by atoms with van der Waals surface area (Å²) in [5.41, 5.74) is 1.82. The number of anilines is 3. The minimum Gasteiger partial charge on any atom is -0.490 e. The SMILES string of the molecule is CN1CCN(c2ccc(Nc3nccc(-c4ccc(OC5CCOCC5)cc4)n3)nn2)CC1. The van der Waals surface area contributed by atoms with Crippen molar-refractivity contribution >= 4 is 17.6 Å². The highest BCUT2D eigenvalue weighted by Crippen LogP contribution is 2.24. The van der Waals surface area contributed by atoms with Gasteiger partial charge in [-0.3, -0.25) is 0 Å². The van der Waals surface area contributed by atoms with Gasteiger partial charge in [-0.25, -0.2) is 9.97 Å². The molecule has 3 aromatic rings. The molecule has 172 valence electrons. The summed E-state index contributed by atoms with van der Waals surface area (Å²) < 4.78 is 11.5. The van der Waals surface area contributed by atoms with Crippen LogP contribution in [0.3, 0.4) is 0 Å². The lowest BCUT2D eigenvalue weighted by Gasteiger charge is -2.32. The number of benzene rings is 1. The number of ether oxygens (including phenoxy) is 2. The predicted octanol–water partition coefficient (Wildman–Crippen LogP) is 2.99. The minimum absolute atomic E-state index is 0.225. The van der Waals surface area contributed by atoms with E-state index in [1.165, 1.54) is 0 Å². The fourth-order valence-corrected chi connectivity index (χ4v) is 3.98. The maximum Gasteiger partial charge on any atom is 0.228 e. The van der Waals surface area contributed by atoms with Gasteiger partial charge >= 0.3 is 0 Å². The molecule has 0 atom stereocenters. The molecule has 2 saturated heterocycles. The Bertz CT molecular complexity index is 1030. The highest BCUT2D eigenvalue weighted by atomic mass is 16.5. The van der Waals surface area contributed by atoms with Gasteiger partial charge in [0.15, 0.2) is 11.6 Å². The fourth-order valence-electron chi connectivity index (χ4n) is 3.98. The number of hydrogen-bond donors (Lipinski definition) is 1. The second kappa shape index (κ2) is 10.1. The molecule has 4 heterocycles. The molecule has 1 N–H and O–H groups in total. The number of likely N-dealkylation sites (N-methyl/N-ethyl adjacent to an activating group) is 1. The van der Waals surface area contributed by atoms with Crippen molar-refractivity contribution in [2.24, 2.45) is 0 Å². The van der Waals surface area contributed by atoms with E-state index in [-0.39, 0.29) is 6.10 Å². The van der Waals surface area contributed by atoms with E-state index in [2.05, 4.69) is 42.3 Å². The summed E-state index contributed by atoms with van der Waals surface area (Å²) in [4.78, 5) is 13.5. The van der Waals surface area contributed by atoms with Crippen LogP contribution in [0.25, 0.3) is 11.3 Å². The lowest BCUT2D eigenvalue weighted by molar-refractivity contribution is 0.0256. The molecule has 5 rings (SSSR count). The number of hydrogen-bond acceptors (Lipinski definition) is 9. The van der Waals surface area contributed by atoms with Gasteiger partial charge in [-0.15, -0.1) is 10.2 Å². The molecule has 0 bridgehead atoms. The van der Waals surface area contributed by atoms with Crippen LogP contribution in [0.2, 0.25) is 0 Å². The first-order chi connectivity index (χ1) is 16.2. The summed E-state index contributed by atoms with van der Waals surface area (Å²) in [6.07, 6.45) is 3.83. The second-order valence-corrected chi connectivity index (χ2v) is 8.41. The molecule has 33 heavy (non-hydrogen) atoms. The van der Waals surface area contributed by atoms with Gasteiger partial charge in [-0.1, -0.05) is 0 Å². The van der Waals surface area contributed by atoms with Crippen LogP contribution in [0.1, 0.15) is 12.8 Å². The van der Waals surface area contributed by atoms with Crippen LogP contribution >= 0.6 is 0 Å². The van der Waals surface area contributed by atoms with Crippen molar-refractivity contribution in [3.63, 3.8) is 0 Å². The summed E-state index contributed by atoms with van der Waals surface area (Å²) in [6, 6.07) is 13.8. The summed E-state index contributed by atoms with van der Waals surface area (Å²) in [7, 11) is 2.14. The number of nitrogens with zero attached hydrogens (tertiary/aromatic N) is 6. The zero-order valence-corrected chi connectivity index (χ0v) is 18.9. The quantitative estimate of drug-likeness (QED) is 0.612. The Morgan fingerprint density at radius 3 is 2.45 bits per heavy atom. The Morgan fingerprint density at radius 1 is 0.939 bits per heavy atom. The van der Waals surface area contributed by atoms with Gasteiger partial charge in [0.1, 0.15) is 11.9 Å². The standard InChI is InChI=1S/C24H29N7O2/c1-30-12-14-31(15-13-30)23-7-6-22(28-29-23)27-24-25-11-8-21(26-24)18-2-4-19(5-3-18)33-20-9-16-32-17-10-20/h2-8,11,20H,9-10,12-17H2,1H3,(H,25,26,27,28). The molecule has 2 aromatic heterocycles. The predicted molar refractivity (Wildman–Crippen MR) is 127 cm³/mol. The van der Waals surface area contributed by atoms with E-state index < -0.39 is 0 Å². The van der Waals surface area contributed by atoms with Crippen molar-refractivity contribution in [2.75, 3.05) is 56.7 Å². The Labute approximate surface area is 193 Å². The van der Waals surface area contributed by atoms with E-state index in [0.717, 1.165) is 75.1 Å². The average Bonchev–Trinajstić information content (AvgIpc) is 2.86. The summed E-state index contributed by atoms with van der Waals surface area (Å²) in [5.74, 6) is 2.86. The molecule has 1 aromatic carbocycles. The van der Waals surface area contributed by atoms with Crippen molar-refractivity contribution < 1.29 is 9.47 Å². The van der Waals surface area contributed by atoms with Crippen molar-refractivity contribution in [2.45, 2.75) is 18.9 Å². The largest absolute Gasteiger partial charge is 0.490 e. The van der Waals surface area contributed by atoms with Gasteiger partial charge < -0.3 is 24.6 Å². The zero-order valence-electron chi connectivity index (χ0n) is 18.9. The third-order valence-electron chi connectivity index (χ3n) is 5.99. The highest BCUT2D eigenvalue weighted by Gasteiger charge is 2.16. The Morgan fingerprint density at radius 2 is 1.73 bits per heavy atom. The normalized spacial score (nSPS) is 17.7. The van der Waals surface area contributed by atoms with Gasteiger partial charge in [0.2, 0.25) is 5.95 Å². The van der Waals surface area contributed by atoms with Gasteiger partial charge in [0.25, 0.3) is 0 Å². The third-order valence-corrected chi connectivity index (χ3v) is 5.99. The summed E-state index contributed by atoms with van der Waals surface area (Å²) >= 11 is 0. The first-order valence-corrected chi connectivity index (χ1v) is 11.4. The molecule has 2 fully saturated rings. The number of rotatable bonds is 6. The van der Waals surface area contributed by atoms with Gasteiger partial charge in [0, 0.05) is 50.8 Å². The van der Waals surface area contributed by atoms with Gasteiger partial charge in [-0.05, 0) is 49.5 Å². The van der Waals surface area contributed by atoms with Crippen molar-refractivity contribution in [1.82, 2.24) is 25.1 Å². The molecule has 0 radical (unpaired) electrons. The van der Waals surface area contributed by atoms with Crippen LogP contribution in [-0.2, 0) is 4.74 Å². The summed E-state index contributed by atoms with van der Waals surface area (Å²) in [5, 5.41) is 11.9. The maximum absolute atomic E-state index is 6.06. The molecule has 9 heteroatoms. The third kappa shape index (κ3) is 5.55. The molecule has 0 aliphatic carbocycles. The molecule has 2 aliphatic rings. The molecular formula is C24H29N7O2. The van der Waals surface area contributed by atoms with E-state index in [9.17, 15) is 0 Å². The van der Waals surface area contributed by atoms with Crippen molar-refractivity contribution in [3.8, 4) is 17.0 Å². The molecule has 0 unspecified atom stereocenters. The van der Waals surface area contributed by atoms with E-state index >= 15 is 0 Å². The second-order valence-electron chi connectivity index (χ2n) is 8.41. The van der Waals surface area contributed by atoms with E-state index in [4.69, 9.17) is 9.47 Å². The Balaban J connectivity index is 1.22. The molecule has 0 saturated carbocycles. The zero-order chi connectivity index (χ0) is 22.5.